The second-order valence-electron chi connectivity index (χ2n) is 6.21. The molecule has 0 spiro atoms. The third-order valence-electron chi connectivity index (χ3n) is 4.35. The third-order valence-corrected chi connectivity index (χ3v) is 6.12. The van der Waals surface area contributed by atoms with Crippen molar-refractivity contribution in [1.29, 1.82) is 0 Å². The topological polar surface area (TPSA) is 79.8 Å². The summed E-state index contributed by atoms with van der Waals surface area (Å²) < 4.78 is 28.2. The van der Waals surface area contributed by atoms with Crippen LogP contribution in [0.3, 0.4) is 0 Å². The van der Waals surface area contributed by atoms with Crippen LogP contribution in [0.4, 0.5) is 0 Å². The van der Waals surface area contributed by atoms with Gasteiger partial charge in [0.2, 0.25) is 0 Å². The molecule has 1 aromatic carbocycles. The standard InChI is InChI=1S/C17H27N3O3S.HI/c1-13(14-4-6-16(23-3)7-5-14)8-10-19-17(18-2)20-15-9-11-24(21,22)12-15;/h4-7,13,15H,8-12H2,1-3H3,(H2,18,19,20);1H. The van der Waals surface area contributed by atoms with Crippen molar-refractivity contribution < 1.29 is 13.2 Å². The minimum Gasteiger partial charge on any atom is -0.497 e. The Bertz CT molecular complexity index is 662. The number of methoxy groups -OCH3 is 1. The van der Waals surface area contributed by atoms with Gasteiger partial charge in [0.1, 0.15) is 5.75 Å². The van der Waals surface area contributed by atoms with E-state index < -0.39 is 9.84 Å². The van der Waals surface area contributed by atoms with Gasteiger partial charge in [-0.25, -0.2) is 8.42 Å². The van der Waals surface area contributed by atoms with Crippen molar-refractivity contribution >= 4 is 39.8 Å². The van der Waals surface area contributed by atoms with Crippen molar-refractivity contribution in [3.8, 4) is 5.75 Å². The Morgan fingerprint density at radius 2 is 2.04 bits per heavy atom. The van der Waals surface area contributed by atoms with E-state index in [1.165, 1.54) is 5.56 Å². The lowest BCUT2D eigenvalue weighted by Crippen LogP contribution is -2.44. The summed E-state index contributed by atoms with van der Waals surface area (Å²) in [6, 6.07) is 8.07. The van der Waals surface area contributed by atoms with Crippen LogP contribution in [0, 0.1) is 0 Å². The molecule has 142 valence electrons. The van der Waals surface area contributed by atoms with Crippen molar-refractivity contribution in [2.75, 3.05) is 32.2 Å². The zero-order valence-corrected chi connectivity index (χ0v) is 18.1. The number of benzene rings is 1. The van der Waals surface area contributed by atoms with E-state index >= 15 is 0 Å². The Kier molecular flexibility index (Phi) is 8.98. The first-order valence-corrected chi connectivity index (χ1v) is 10.1. The molecule has 0 saturated carbocycles. The number of nitrogens with zero attached hydrogens (tertiary/aromatic N) is 1. The summed E-state index contributed by atoms with van der Waals surface area (Å²) in [6.07, 6.45) is 1.60. The van der Waals surface area contributed by atoms with Gasteiger partial charge in [0.15, 0.2) is 15.8 Å². The van der Waals surface area contributed by atoms with Crippen LogP contribution in [0.25, 0.3) is 0 Å². The summed E-state index contributed by atoms with van der Waals surface area (Å²) in [7, 11) is 0.483. The number of hydrogen-bond acceptors (Lipinski definition) is 4. The van der Waals surface area contributed by atoms with Gasteiger partial charge in [-0.15, -0.1) is 24.0 Å². The summed E-state index contributed by atoms with van der Waals surface area (Å²) in [5.74, 6) is 2.39. The molecule has 0 aromatic heterocycles. The van der Waals surface area contributed by atoms with E-state index in [0.29, 0.717) is 18.3 Å². The van der Waals surface area contributed by atoms with Crippen molar-refractivity contribution in [3.63, 3.8) is 0 Å². The van der Waals surface area contributed by atoms with Gasteiger partial charge in [0, 0.05) is 19.6 Å². The largest absolute Gasteiger partial charge is 0.497 e. The highest BCUT2D eigenvalue weighted by atomic mass is 127. The van der Waals surface area contributed by atoms with Crippen LogP contribution in [0.2, 0.25) is 0 Å². The fraction of sp³-hybridized carbons (Fsp3) is 0.588. The first kappa shape index (κ1) is 22.0. The van der Waals surface area contributed by atoms with E-state index in [1.54, 1.807) is 14.2 Å². The lowest BCUT2D eigenvalue weighted by molar-refractivity contribution is 0.414. The Morgan fingerprint density at radius 3 is 2.56 bits per heavy atom. The van der Waals surface area contributed by atoms with Gasteiger partial charge >= 0.3 is 0 Å². The van der Waals surface area contributed by atoms with Gasteiger partial charge in [-0.2, -0.15) is 0 Å². The van der Waals surface area contributed by atoms with Crippen LogP contribution in [0.15, 0.2) is 29.3 Å². The van der Waals surface area contributed by atoms with E-state index in [9.17, 15) is 8.42 Å². The number of sulfone groups is 1. The average molecular weight is 481 g/mol. The number of rotatable bonds is 6. The molecule has 25 heavy (non-hydrogen) atoms. The fourth-order valence-corrected chi connectivity index (χ4v) is 4.48. The van der Waals surface area contributed by atoms with Gasteiger partial charge in [0.05, 0.1) is 18.6 Å². The summed E-state index contributed by atoms with van der Waals surface area (Å²) in [5, 5.41) is 6.46. The summed E-state index contributed by atoms with van der Waals surface area (Å²) in [4.78, 5) is 4.17. The van der Waals surface area contributed by atoms with E-state index in [4.69, 9.17) is 4.74 Å². The Labute approximate surface area is 167 Å². The number of hydrogen-bond donors (Lipinski definition) is 2. The third kappa shape index (κ3) is 7.01. The molecular weight excluding hydrogens is 453 g/mol. The second-order valence-corrected chi connectivity index (χ2v) is 8.43. The molecule has 0 radical (unpaired) electrons. The molecule has 8 heteroatoms. The quantitative estimate of drug-likeness (QED) is 0.370. The van der Waals surface area contributed by atoms with Crippen molar-refractivity contribution in [2.24, 2.45) is 4.99 Å². The highest BCUT2D eigenvalue weighted by Crippen LogP contribution is 2.21. The minimum atomic E-state index is -2.88. The van der Waals surface area contributed by atoms with Crippen LogP contribution in [0.1, 0.15) is 31.2 Å². The van der Waals surface area contributed by atoms with Gasteiger partial charge in [-0.3, -0.25) is 4.99 Å². The minimum absolute atomic E-state index is 0. The maximum absolute atomic E-state index is 11.5. The number of ether oxygens (including phenoxy) is 1. The molecule has 1 aliphatic rings. The molecule has 1 heterocycles. The van der Waals surface area contributed by atoms with Gasteiger partial charge in [-0.1, -0.05) is 19.1 Å². The molecule has 2 N–H and O–H groups in total. The van der Waals surface area contributed by atoms with E-state index in [1.807, 2.05) is 12.1 Å². The highest BCUT2D eigenvalue weighted by molar-refractivity contribution is 14.0. The average Bonchev–Trinajstić information content (AvgIpc) is 2.92. The predicted molar refractivity (Wildman–Crippen MR) is 113 cm³/mol. The molecular formula is C17H28IN3O3S. The molecule has 1 aliphatic heterocycles. The SMILES string of the molecule is CN=C(NCCC(C)c1ccc(OC)cc1)NC1CCS(=O)(=O)C1.I. The number of nitrogens with one attached hydrogen (secondary N) is 2. The van der Waals surface area contributed by atoms with Gasteiger partial charge in [-0.05, 0) is 36.5 Å². The highest BCUT2D eigenvalue weighted by Gasteiger charge is 2.28. The lowest BCUT2D eigenvalue weighted by atomic mass is 9.98. The van der Waals surface area contributed by atoms with Crippen LogP contribution in [-0.2, 0) is 9.84 Å². The monoisotopic (exact) mass is 481 g/mol. The number of halogens is 1. The van der Waals surface area contributed by atoms with Crippen LogP contribution in [0.5, 0.6) is 5.75 Å². The fourth-order valence-electron chi connectivity index (χ4n) is 2.80. The zero-order valence-electron chi connectivity index (χ0n) is 15.0. The van der Waals surface area contributed by atoms with E-state index in [-0.39, 0.29) is 41.5 Å². The van der Waals surface area contributed by atoms with Gasteiger partial charge < -0.3 is 15.4 Å². The molecule has 2 rings (SSSR count). The molecule has 2 unspecified atom stereocenters. The Balaban J connectivity index is 0.00000312. The Hall–Kier alpha value is -1.03. The first-order chi connectivity index (χ1) is 11.4. The lowest BCUT2D eigenvalue weighted by Gasteiger charge is -2.18. The Morgan fingerprint density at radius 1 is 1.36 bits per heavy atom. The van der Waals surface area contributed by atoms with Gasteiger partial charge in [0.25, 0.3) is 0 Å². The maximum Gasteiger partial charge on any atom is 0.191 e. The predicted octanol–water partition coefficient (Wildman–Crippen LogP) is 2.16. The zero-order chi connectivity index (χ0) is 17.6. The maximum atomic E-state index is 11.5. The van der Waals surface area contributed by atoms with E-state index in [0.717, 1.165) is 18.7 Å². The molecule has 1 saturated heterocycles. The smallest absolute Gasteiger partial charge is 0.191 e. The second kappa shape index (κ2) is 10.2. The molecule has 0 aliphatic carbocycles. The van der Waals surface area contributed by atoms with Crippen LogP contribution >= 0.6 is 24.0 Å². The molecule has 0 amide bonds. The van der Waals surface area contributed by atoms with E-state index in [2.05, 4.69) is 34.7 Å². The molecule has 2 atom stereocenters. The normalized spacial score (nSPS) is 20.4. The number of aliphatic imine (C=N–C) groups is 1. The number of guanidine groups is 1. The van der Waals surface area contributed by atoms with Crippen molar-refractivity contribution in [1.82, 2.24) is 10.6 Å². The van der Waals surface area contributed by atoms with Crippen molar-refractivity contribution in [3.05, 3.63) is 29.8 Å². The molecule has 1 fully saturated rings. The summed E-state index contributed by atoms with van der Waals surface area (Å²) in [6.45, 7) is 2.95. The molecule has 0 bridgehead atoms. The summed E-state index contributed by atoms with van der Waals surface area (Å²) >= 11 is 0. The molecule has 1 aromatic rings. The van der Waals surface area contributed by atoms with Crippen LogP contribution in [-0.4, -0.2) is 52.6 Å². The van der Waals surface area contributed by atoms with Crippen molar-refractivity contribution in [2.45, 2.75) is 31.7 Å². The van der Waals surface area contributed by atoms with Crippen LogP contribution < -0.4 is 15.4 Å². The first-order valence-electron chi connectivity index (χ1n) is 8.25. The molecule has 6 nitrogen and oxygen atoms in total. The summed E-state index contributed by atoms with van der Waals surface area (Å²) in [5.41, 5.74) is 1.27.